The standard InChI is InChI=1S/C27H33NO4/c29-22-11-9-10-21(18-22)26-20-25(30)24-13-12-23(19-27(24)32-26)31-17-8-4-2-1-3-5-14-28-15-6-7-16-28/h9-13,18-20,29H,1-8,14-17H2. The van der Waals surface area contributed by atoms with E-state index in [0.717, 1.165) is 6.42 Å². The topological polar surface area (TPSA) is 62.9 Å². The molecular weight excluding hydrogens is 402 g/mol. The Labute approximate surface area is 189 Å². The summed E-state index contributed by atoms with van der Waals surface area (Å²) in [4.78, 5) is 15.1. The van der Waals surface area contributed by atoms with Gasteiger partial charge in [-0.2, -0.15) is 0 Å². The van der Waals surface area contributed by atoms with Crippen molar-refractivity contribution in [3.63, 3.8) is 0 Å². The van der Waals surface area contributed by atoms with Crippen molar-refractivity contribution < 1.29 is 14.3 Å². The molecule has 0 bridgehead atoms. The molecule has 1 aliphatic heterocycles. The number of hydrogen-bond acceptors (Lipinski definition) is 5. The van der Waals surface area contributed by atoms with Crippen LogP contribution in [0.2, 0.25) is 0 Å². The minimum Gasteiger partial charge on any atom is -0.508 e. The number of ether oxygens (including phenoxy) is 1. The molecule has 0 spiro atoms. The molecule has 0 aliphatic carbocycles. The van der Waals surface area contributed by atoms with Crippen LogP contribution in [0.3, 0.4) is 0 Å². The molecule has 4 rings (SSSR count). The van der Waals surface area contributed by atoms with Crippen molar-refractivity contribution in [3.8, 4) is 22.8 Å². The Balaban J connectivity index is 1.23. The second-order valence-corrected chi connectivity index (χ2v) is 8.70. The van der Waals surface area contributed by atoms with E-state index in [1.807, 2.05) is 6.07 Å². The van der Waals surface area contributed by atoms with Crippen LogP contribution in [0.1, 0.15) is 51.4 Å². The number of benzene rings is 2. The predicted molar refractivity (Wildman–Crippen MR) is 128 cm³/mol. The first kappa shape index (κ1) is 22.4. The summed E-state index contributed by atoms with van der Waals surface area (Å²) < 4.78 is 11.9. The van der Waals surface area contributed by atoms with Crippen molar-refractivity contribution in [2.45, 2.75) is 51.4 Å². The Hall–Kier alpha value is -2.79. The molecule has 1 aromatic heterocycles. The van der Waals surface area contributed by atoms with E-state index in [2.05, 4.69) is 4.90 Å². The van der Waals surface area contributed by atoms with Crippen LogP contribution in [0, 0.1) is 0 Å². The number of hydrogen-bond donors (Lipinski definition) is 1. The first-order chi connectivity index (χ1) is 15.7. The SMILES string of the molecule is O=c1cc(-c2cccc(O)c2)oc2cc(OCCCCCCCCN3CCCC3)ccc12. The summed E-state index contributed by atoms with van der Waals surface area (Å²) in [6.07, 6.45) is 10.2. The van der Waals surface area contributed by atoms with Crippen molar-refractivity contribution in [1.82, 2.24) is 4.90 Å². The van der Waals surface area contributed by atoms with Crippen molar-refractivity contribution in [2.24, 2.45) is 0 Å². The van der Waals surface area contributed by atoms with Gasteiger partial charge in [-0.25, -0.2) is 0 Å². The van der Waals surface area contributed by atoms with Crippen LogP contribution in [-0.4, -0.2) is 36.2 Å². The highest BCUT2D eigenvalue weighted by molar-refractivity contribution is 5.80. The molecule has 5 nitrogen and oxygen atoms in total. The molecule has 3 aromatic rings. The number of rotatable bonds is 11. The lowest BCUT2D eigenvalue weighted by molar-refractivity contribution is 0.302. The van der Waals surface area contributed by atoms with E-state index in [0.29, 0.717) is 34.6 Å². The monoisotopic (exact) mass is 435 g/mol. The van der Waals surface area contributed by atoms with Gasteiger partial charge < -0.3 is 19.2 Å². The van der Waals surface area contributed by atoms with Gasteiger partial charge in [-0.3, -0.25) is 4.79 Å². The predicted octanol–water partition coefficient (Wildman–Crippen LogP) is 5.98. The largest absolute Gasteiger partial charge is 0.508 e. The van der Waals surface area contributed by atoms with E-state index in [1.165, 1.54) is 70.6 Å². The van der Waals surface area contributed by atoms with Crippen LogP contribution in [0.5, 0.6) is 11.5 Å². The van der Waals surface area contributed by atoms with E-state index in [1.54, 1.807) is 36.4 Å². The van der Waals surface area contributed by atoms with Gasteiger partial charge in [0.2, 0.25) is 0 Å². The Morgan fingerprint density at radius 1 is 0.906 bits per heavy atom. The highest BCUT2D eigenvalue weighted by Crippen LogP contribution is 2.27. The Bertz CT molecular complexity index is 1070. The summed E-state index contributed by atoms with van der Waals surface area (Å²) in [5.74, 6) is 1.27. The zero-order valence-corrected chi connectivity index (χ0v) is 18.7. The molecule has 1 fully saturated rings. The van der Waals surface area contributed by atoms with Crippen molar-refractivity contribution in [2.75, 3.05) is 26.2 Å². The van der Waals surface area contributed by atoms with Crippen LogP contribution in [0.4, 0.5) is 0 Å². The second kappa shape index (κ2) is 11.2. The van der Waals surface area contributed by atoms with Gasteiger partial charge in [-0.15, -0.1) is 0 Å². The van der Waals surface area contributed by atoms with Gasteiger partial charge >= 0.3 is 0 Å². The van der Waals surface area contributed by atoms with Gasteiger partial charge in [0.25, 0.3) is 0 Å². The Morgan fingerprint density at radius 2 is 1.69 bits per heavy atom. The molecular formula is C27H33NO4. The minimum absolute atomic E-state index is 0.110. The maximum atomic E-state index is 12.5. The third kappa shape index (κ3) is 6.13. The second-order valence-electron chi connectivity index (χ2n) is 8.70. The number of phenols is 1. The first-order valence-corrected chi connectivity index (χ1v) is 11.9. The molecule has 0 atom stereocenters. The smallest absolute Gasteiger partial charge is 0.193 e. The van der Waals surface area contributed by atoms with Crippen LogP contribution < -0.4 is 10.2 Å². The molecule has 32 heavy (non-hydrogen) atoms. The summed E-state index contributed by atoms with van der Waals surface area (Å²) in [7, 11) is 0. The summed E-state index contributed by atoms with van der Waals surface area (Å²) in [5, 5.41) is 10.2. The zero-order chi connectivity index (χ0) is 22.2. The number of likely N-dealkylation sites (tertiary alicyclic amines) is 1. The Morgan fingerprint density at radius 3 is 2.50 bits per heavy atom. The summed E-state index contributed by atoms with van der Waals surface area (Å²) in [6.45, 7) is 4.53. The lowest BCUT2D eigenvalue weighted by Crippen LogP contribution is -2.20. The van der Waals surface area contributed by atoms with Crippen LogP contribution >= 0.6 is 0 Å². The van der Waals surface area contributed by atoms with Crippen molar-refractivity contribution >= 4 is 11.0 Å². The first-order valence-electron chi connectivity index (χ1n) is 11.9. The average molecular weight is 436 g/mol. The molecule has 0 amide bonds. The Kier molecular flexibility index (Phi) is 7.83. The van der Waals surface area contributed by atoms with Gasteiger partial charge in [0.1, 0.15) is 22.8 Å². The lowest BCUT2D eigenvalue weighted by atomic mass is 10.1. The maximum absolute atomic E-state index is 12.5. The van der Waals surface area contributed by atoms with E-state index < -0.39 is 0 Å². The fourth-order valence-electron chi connectivity index (χ4n) is 4.37. The number of nitrogens with zero attached hydrogens (tertiary/aromatic N) is 1. The summed E-state index contributed by atoms with van der Waals surface area (Å²) >= 11 is 0. The molecule has 0 unspecified atom stereocenters. The number of fused-ring (bicyclic) bond motifs is 1. The van der Waals surface area contributed by atoms with Crippen molar-refractivity contribution in [3.05, 3.63) is 58.8 Å². The molecule has 1 aliphatic rings. The van der Waals surface area contributed by atoms with Crippen LogP contribution in [0.25, 0.3) is 22.3 Å². The van der Waals surface area contributed by atoms with Crippen molar-refractivity contribution in [1.29, 1.82) is 0 Å². The van der Waals surface area contributed by atoms with E-state index in [9.17, 15) is 9.90 Å². The number of aromatic hydroxyl groups is 1. The van der Waals surface area contributed by atoms with Gasteiger partial charge in [0, 0.05) is 17.7 Å². The highest BCUT2D eigenvalue weighted by atomic mass is 16.5. The molecule has 1 N–H and O–H groups in total. The fraction of sp³-hybridized carbons (Fsp3) is 0.444. The van der Waals surface area contributed by atoms with Gasteiger partial charge in [0.05, 0.1) is 12.0 Å². The van der Waals surface area contributed by atoms with Crippen LogP contribution in [0.15, 0.2) is 57.7 Å². The highest BCUT2D eigenvalue weighted by Gasteiger charge is 2.10. The van der Waals surface area contributed by atoms with E-state index in [4.69, 9.17) is 9.15 Å². The number of phenolic OH excluding ortho intramolecular Hbond substituents is 1. The summed E-state index contributed by atoms with van der Waals surface area (Å²) in [5.41, 5.74) is 1.04. The van der Waals surface area contributed by atoms with Gasteiger partial charge in [-0.05, 0) is 69.6 Å². The molecule has 170 valence electrons. The fourth-order valence-corrected chi connectivity index (χ4v) is 4.37. The molecule has 2 aromatic carbocycles. The molecule has 0 radical (unpaired) electrons. The summed E-state index contributed by atoms with van der Waals surface area (Å²) in [6, 6.07) is 13.5. The lowest BCUT2D eigenvalue weighted by Gasteiger charge is -2.13. The van der Waals surface area contributed by atoms with E-state index in [-0.39, 0.29) is 11.2 Å². The number of unbranched alkanes of at least 4 members (excludes halogenated alkanes) is 5. The molecule has 5 heteroatoms. The molecule has 0 saturated carbocycles. The third-order valence-electron chi connectivity index (χ3n) is 6.17. The van der Waals surface area contributed by atoms with Crippen LogP contribution in [-0.2, 0) is 0 Å². The normalized spacial score (nSPS) is 14.2. The van der Waals surface area contributed by atoms with Gasteiger partial charge in [-0.1, -0.05) is 37.8 Å². The quantitative estimate of drug-likeness (QED) is 0.375. The third-order valence-corrected chi connectivity index (χ3v) is 6.17. The maximum Gasteiger partial charge on any atom is 0.193 e. The van der Waals surface area contributed by atoms with E-state index >= 15 is 0 Å². The molecule has 1 saturated heterocycles. The van der Waals surface area contributed by atoms with Gasteiger partial charge in [0.15, 0.2) is 5.43 Å². The minimum atomic E-state index is -0.110. The zero-order valence-electron chi connectivity index (χ0n) is 18.7. The average Bonchev–Trinajstić information content (AvgIpc) is 3.31. The molecule has 2 heterocycles.